The molecule has 0 saturated carbocycles. The maximum Gasteiger partial charge on any atom is 0.321 e. The predicted molar refractivity (Wildman–Crippen MR) is 81.0 cm³/mol. The normalized spacial score (nSPS) is 18.9. The molecule has 110 valence electrons. The summed E-state index contributed by atoms with van der Waals surface area (Å²) in [5.74, 6) is 0. The van der Waals surface area contributed by atoms with Crippen LogP contribution in [0.4, 0.5) is 10.5 Å². The number of likely N-dealkylation sites (tertiary alicyclic amines) is 1. The summed E-state index contributed by atoms with van der Waals surface area (Å²) < 4.78 is 0. The zero-order valence-corrected chi connectivity index (χ0v) is 12.4. The molecule has 2 amide bonds. The molecule has 0 aromatic heterocycles. The number of β-amino-alcohol motifs (C(OH)–C–C–N with tert-alkyl or cyclic N) is 1. The maximum atomic E-state index is 12.4. The number of rotatable bonds is 3. The fraction of sp³-hybridized carbons (Fsp3) is 0.562. The van der Waals surface area contributed by atoms with Gasteiger partial charge in [-0.1, -0.05) is 32.0 Å². The van der Waals surface area contributed by atoms with Crippen molar-refractivity contribution in [1.82, 2.24) is 4.90 Å². The van der Waals surface area contributed by atoms with Crippen molar-refractivity contribution in [2.45, 2.75) is 45.6 Å². The zero-order chi connectivity index (χ0) is 14.5. The molecule has 1 atom stereocenters. The van der Waals surface area contributed by atoms with E-state index in [0.717, 1.165) is 49.0 Å². The lowest BCUT2D eigenvalue weighted by atomic mass is 10.0. The lowest BCUT2D eigenvalue weighted by molar-refractivity contribution is 0.0883. The van der Waals surface area contributed by atoms with Crippen LogP contribution in [0.2, 0.25) is 0 Å². The molecule has 0 bridgehead atoms. The molecule has 1 aromatic carbocycles. The molecule has 1 aromatic rings. The van der Waals surface area contributed by atoms with Gasteiger partial charge in [0.05, 0.1) is 6.10 Å². The van der Waals surface area contributed by atoms with Crippen LogP contribution in [-0.2, 0) is 12.8 Å². The summed E-state index contributed by atoms with van der Waals surface area (Å²) in [6, 6.07) is 6.05. The van der Waals surface area contributed by atoms with E-state index in [-0.39, 0.29) is 12.1 Å². The Labute approximate surface area is 120 Å². The van der Waals surface area contributed by atoms with E-state index in [1.165, 1.54) is 0 Å². The highest BCUT2D eigenvalue weighted by Gasteiger charge is 2.22. The van der Waals surface area contributed by atoms with Crippen LogP contribution >= 0.6 is 0 Å². The van der Waals surface area contributed by atoms with Gasteiger partial charge in [-0.15, -0.1) is 0 Å². The lowest BCUT2D eigenvalue weighted by Gasteiger charge is -2.30. The van der Waals surface area contributed by atoms with Gasteiger partial charge in [-0.05, 0) is 36.8 Å². The SMILES string of the molecule is CCc1cccc(CC)c1NC(=O)N1CCCC(O)C1. The first-order valence-electron chi connectivity index (χ1n) is 7.50. The van der Waals surface area contributed by atoms with Crippen LogP contribution in [0.25, 0.3) is 0 Å². The molecule has 1 aliphatic rings. The molecule has 0 aliphatic carbocycles. The summed E-state index contributed by atoms with van der Waals surface area (Å²) in [6.07, 6.45) is 3.06. The molecule has 1 heterocycles. The third-order valence-electron chi connectivity index (χ3n) is 3.91. The van der Waals surface area contributed by atoms with Crippen LogP contribution in [0.1, 0.15) is 37.8 Å². The minimum absolute atomic E-state index is 0.0978. The van der Waals surface area contributed by atoms with Gasteiger partial charge < -0.3 is 15.3 Å². The largest absolute Gasteiger partial charge is 0.391 e. The number of nitrogens with one attached hydrogen (secondary N) is 1. The Balaban J connectivity index is 2.14. The van der Waals surface area contributed by atoms with Crippen molar-refractivity contribution >= 4 is 11.7 Å². The van der Waals surface area contributed by atoms with Crippen LogP contribution < -0.4 is 5.32 Å². The van der Waals surface area contributed by atoms with E-state index in [1.807, 2.05) is 6.07 Å². The fourth-order valence-corrected chi connectivity index (χ4v) is 2.73. The van der Waals surface area contributed by atoms with Gasteiger partial charge in [-0.3, -0.25) is 0 Å². The van der Waals surface area contributed by atoms with E-state index in [2.05, 4.69) is 31.3 Å². The van der Waals surface area contributed by atoms with Crippen LogP contribution in [0.3, 0.4) is 0 Å². The highest BCUT2D eigenvalue weighted by molar-refractivity contribution is 5.91. The van der Waals surface area contributed by atoms with E-state index < -0.39 is 0 Å². The number of aliphatic hydroxyl groups is 1. The molecule has 2 N–H and O–H groups in total. The van der Waals surface area contributed by atoms with Gasteiger partial charge in [0, 0.05) is 18.8 Å². The second-order valence-electron chi connectivity index (χ2n) is 5.33. The summed E-state index contributed by atoms with van der Waals surface area (Å²) in [7, 11) is 0. The third-order valence-corrected chi connectivity index (χ3v) is 3.91. The summed E-state index contributed by atoms with van der Waals surface area (Å²) in [5, 5.41) is 12.7. The number of para-hydroxylation sites is 1. The van der Waals surface area contributed by atoms with Crippen LogP contribution in [0.15, 0.2) is 18.2 Å². The number of benzene rings is 1. The third kappa shape index (κ3) is 3.31. The Bertz CT molecular complexity index is 451. The number of anilines is 1. The van der Waals surface area contributed by atoms with Crippen molar-refractivity contribution in [3.8, 4) is 0 Å². The number of carbonyl (C=O) groups excluding carboxylic acids is 1. The number of aryl methyl sites for hydroxylation is 2. The highest BCUT2D eigenvalue weighted by Crippen LogP contribution is 2.23. The van der Waals surface area contributed by atoms with Gasteiger partial charge in [-0.2, -0.15) is 0 Å². The van der Waals surface area contributed by atoms with Gasteiger partial charge in [-0.25, -0.2) is 4.79 Å². The fourth-order valence-electron chi connectivity index (χ4n) is 2.73. The van der Waals surface area contributed by atoms with Gasteiger partial charge in [0.25, 0.3) is 0 Å². The Morgan fingerprint density at radius 1 is 1.35 bits per heavy atom. The number of piperidine rings is 1. The first-order chi connectivity index (χ1) is 9.65. The zero-order valence-electron chi connectivity index (χ0n) is 12.4. The molecular formula is C16H24N2O2. The van der Waals surface area contributed by atoms with Crippen LogP contribution in [-0.4, -0.2) is 35.2 Å². The monoisotopic (exact) mass is 276 g/mol. The van der Waals surface area contributed by atoms with Gasteiger partial charge in [0.1, 0.15) is 0 Å². The van der Waals surface area contributed by atoms with Crippen LogP contribution in [0, 0.1) is 0 Å². The first kappa shape index (κ1) is 14.9. The molecule has 4 heteroatoms. The average molecular weight is 276 g/mol. The number of hydrogen-bond acceptors (Lipinski definition) is 2. The van der Waals surface area contributed by atoms with Crippen molar-refractivity contribution in [1.29, 1.82) is 0 Å². The lowest BCUT2D eigenvalue weighted by Crippen LogP contribution is -2.44. The van der Waals surface area contributed by atoms with Crippen molar-refractivity contribution in [2.24, 2.45) is 0 Å². The van der Waals surface area contributed by atoms with E-state index >= 15 is 0 Å². The Morgan fingerprint density at radius 2 is 2.00 bits per heavy atom. The molecule has 1 unspecified atom stereocenters. The molecule has 1 aliphatic heterocycles. The quantitative estimate of drug-likeness (QED) is 0.892. The maximum absolute atomic E-state index is 12.4. The van der Waals surface area contributed by atoms with Gasteiger partial charge in [0.2, 0.25) is 0 Å². The Kier molecular flexibility index (Phi) is 5.01. The average Bonchev–Trinajstić information content (AvgIpc) is 2.47. The summed E-state index contributed by atoms with van der Waals surface area (Å²) in [5.41, 5.74) is 3.27. The first-order valence-corrected chi connectivity index (χ1v) is 7.50. The van der Waals surface area contributed by atoms with Crippen molar-refractivity contribution in [3.05, 3.63) is 29.3 Å². The standard InChI is InChI=1S/C16H24N2O2/c1-3-12-7-5-8-13(4-2)15(12)17-16(20)18-10-6-9-14(19)11-18/h5,7-8,14,19H,3-4,6,9-11H2,1-2H3,(H,17,20). The molecular weight excluding hydrogens is 252 g/mol. The predicted octanol–water partition coefficient (Wildman–Crippen LogP) is 2.80. The van der Waals surface area contributed by atoms with Crippen molar-refractivity contribution in [2.75, 3.05) is 18.4 Å². The Morgan fingerprint density at radius 3 is 2.55 bits per heavy atom. The van der Waals surface area contributed by atoms with Gasteiger partial charge in [0.15, 0.2) is 0 Å². The van der Waals surface area contributed by atoms with E-state index in [1.54, 1.807) is 4.90 Å². The van der Waals surface area contributed by atoms with Crippen LogP contribution in [0.5, 0.6) is 0 Å². The highest BCUT2D eigenvalue weighted by atomic mass is 16.3. The van der Waals surface area contributed by atoms with E-state index in [0.29, 0.717) is 6.54 Å². The van der Waals surface area contributed by atoms with Crippen molar-refractivity contribution in [3.63, 3.8) is 0 Å². The molecule has 1 saturated heterocycles. The molecule has 1 fully saturated rings. The molecule has 4 nitrogen and oxygen atoms in total. The molecule has 0 spiro atoms. The number of carbonyl (C=O) groups is 1. The number of aliphatic hydroxyl groups excluding tert-OH is 1. The number of nitrogens with zero attached hydrogens (tertiary/aromatic N) is 1. The Hall–Kier alpha value is -1.55. The van der Waals surface area contributed by atoms with E-state index in [9.17, 15) is 9.90 Å². The minimum Gasteiger partial charge on any atom is -0.391 e. The summed E-state index contributed by atoms with van der Waals surface area (Å²) in [6.45, 7) is 5.34. The topological polar surface area (TPSA) is 52.6 Å². The second kappa shape index (κ2) is 6.75. The number of amides is 2. The summed E-state index contributed by atoms with van der Waals surface area (Å²) >= 11 is 0. The number of hydrogen-bond donors (Lipinski definition) is 2. The van der Waals surface area contributed by atoms with Gasteiger partial charge >= 0.3 is 6.03 Å². The second-order valence-corrected chi connectivity index (χ2v) is 5.33. The smallest absolute Gasteiger partial charge is 0.321 e. The van der Waals surface area contributed by atoms with Crippen molar-refractivity contribution < 1.29 is 9.90 Å². The van der Waals surface area contributed by atoms with E-state index in [4.69, 9.17) is 0 Å². The minimum atomic E-state index is -0.387. The number of urea groups is 1. The molecule has 2 rings (SSSR count). The molecule has 0 radical (unpaired) electrons. The summed E-state index contributed by atoms with van der Waals surface area (Å²) in [4.78, 5) is 14.1. The molecule has 20 heavy (non-hydrogen) atoms.